The molecule has 4 amide bonds. The summed E-state index contributed by atoms with van der Waals surface area (Å²) in [6.07, 6.45) is -1.05. The number of primary amides is 1. The molecule has 0 aromatic rings. The highest BCUT2D eigenvalue weighted by atomic mass is 16.4. The zero-order chi connectivity index (χ0) is 22.6. The highest BCUT2D eigenvalue weighted by Crippen LogP contribution is 2.01. The number of rotatable bonds is 14. The first kappa shape index (κ1) is 25.7. The Bertz CT molecular complexity index is 640. The SMILES string of the molecule is NC(=O)CCC(NC(=O)C(N)CCC(=O)O)C(=O)NCC(=O)NC(CO)C(=O)O. The molecule has 14 nitrogen and oxygen atoms in total. The van der Waals surface area contributed by atoms with Crippen LogP contribution in [0.25, 0.3) is 0 Å². The van der Waals surface area contributed by atoms with Crippen LogP contribution in [0.15, 0.2) is 0 Å². The smallest absolute Gasteiger partial charge is 0.328 e. The molecule has 0 aliphatic carbocycles. The minimum absolute atomic E-state index is 0.189. The van der Waals surface area contributed by atoms with Gasteiger partial charge in [-0.3, -0.25) is 24.0 Å². The molecule has 0 aliphatic rings. The molecule has 164 valence electrons. The lowest BCUT2D eigenvalue weighted by Gasteiger charge is -2.20. The molecule has 29 heavy (non-hydrogen) atoms. The number of carbonyl (C=O) groups is 6. The van der Waals surface area contributed by atoms with Gasteiger partial charge in [0, 0.05) is 12.8 Å². The lowest BCUT2D eigenvalue weighted by atomic mass is 10.1. The standard InChI is InChI=1S/C15H25N5O9/c16-7(1-4-12(24)25)13(26)20-8(2-3-10(17)22)14(27)18-5-11(23)19-9(6-21)15(28)29/h7-9,21H,1-6,16H2,(H2,17,22)(H,18,27)(H,19,23)(H,20,26)(H,24,25)(H,28,29). The Hall–Kier alpha value is -3.26. The molecule has 0 aromatic carbocycles. The van der Waals surface area contributed by atoms with E-state index in [1.165, 1.54) is 0 Å². The van der Waals surface area contributed by atoms with Crippen LogP contribution in [0.4, 0.5) is 0 Å². The number of aliphatic carboxylic acids is 2. The highest BCUT2D eigenvalue weighted by molar-refractivity contribution is 5.93. The summed E-state index contributed by atoms with van der Waals surface area (Å²) in [5, 5.41) is 32.5. The fraction of sp³-hybridized carbons (Fsp3) is 0.600. The van der Waals surface area contributed by atoms with Crippen molar-refractivity contribution < 1.29 is 44.1 Å². The maximum absolute atomic E-state index is 12.2. The van der Waals surface area contributed by atoms with Gasteiger partial charge in [-0.05, 0) is 12.8 Å². The van der Waals surface area contributed by atoms with E-state index in [0.717, 1.165) is 0 Å². The van der Waals surface area contributed by atoms with Crippen molar-refractivity contribution in [1.29, 1.82) is 0 Å². The number of hydrogen-bond acceptors (Lipinski definition) is 8. The monoisotopic (exact) mass is 419 g/mol. The van der Waals surface area contributed by atoms with Crippen molar-refractivity contribution in [2.45, 2.75) is 43.8 Å². The second-order valence-corrected chi connectivity index (χ2v) is 5.96. The van der Waals surface area contributed by atoms with Crippen LogP contribution in [-0.2, 0) is 28.8 Å². The summed E-state index contributed by atoms with van der Waals surface area (Å²) < 4.78 is 0. The van der Waals surface area contributed by atoms with E-state index in [9.17, 15) is 28.8 Å². The minimum atomic E-state index is -1.56. The summed E-state index contributed by atoms with van der Waals surface area (Å²) in [5.74, 6) is -6.03. The fourth-order valence-corrected chi connectivity index (χ4v) is 1.97. The van der Waals surface area contributed by atoms with E-state index in [0.29, 0.717) is 0 Å². The van der Waals surface area contributed by atoms with Gasteiger partial charge in [0.05, 0.1) is 19.2 Å². The first-order chi connectivity index (χ1) is 13.5. The van der Waals surface area contributed by atoms with Crippen molar-refractivity contribution in [3.8, 4) is 0 Å². The Morgan fingerprint density at radius 2 is 1.48 bits per heavy atom. The van der Waals surface area contributed by atoms with Gasteiger partial charge in [-0.15, -0.1) is 0 Å². The third kappa shape index (κ3) is 11.2. The Labute approximate surface area is 165 Å². The van der Waals surface area contributed by atoms with Crippen LogP contribution in [0.1, 0.15) is 25.7 Å². The van der Waals surface area contributed by atoms with E-state index in [1.807, 2.05) is 5.32 Å². The summed E-state index contributed by atoms with van der Waals surface area (Å²) in [6.45, 7) is -1.53. The summed E-state index contributed by atoms with van der Waals surface area (Å²) in [7, 11) is 0. The van der Waals surface area contributed by atoms with Crippen LogP contribution < -0.4 is 27.4 Å². The molecule has 14 heteroatoms. The number of amides is 4. The third-order valence-electron chi connectivity index (χ3n) is 3.56. The summed E-state index contributed by atoms with van der Waals surface area (Å²) in [6, 6.07) is -4.08. The van der Waals surface area contributed by atoms with E-state index >= 15 is 0 Å². The molecular weight excluding hydrogens is 394 g/mol. The molecule has 0 bridgehead atoms. The van der Waals surface area contributed by atoms with Gasteiger partial charge < -0.3 is 42.7 Å². The minimum Gasteiger partial charge on any atom is -0.481 e. The van der Waals surface area contributed by atoms with Gasteiger partial charge in [0.2, 0.25) is 23.6 Å². The number of aliphatic hydroxyl groups is 1. The molecule has 0 rings (SSSR count). The number of carboxylic acids is 2. The van der Waals surface area contributed by atoms with Gasteiger partial charge >= 0.3 is 11.9 Å². The van der Waals surface area contributed by atoms with Crippen LogP contribution in [0, 0.1) is 0 Å². The quantitative estimate of drug-likeness (QED) is 0.134. The predicted molar refractivity (Wildman–Crippen MR) is 94.9 cm³/mol. The molecule has 0 radical (unpaired) electrons. The normalized spacial score (nSPS) is 13.4. The topological polar surface area (TPSA) is 251 Å². The van der Waals surface area contributed by atoms with Crippen LogP contribution in [0.5, 0.6) is 0 Å². The Balaban J connectivity index is 4.84. The van der Waals surface area contributed by atoms with E-state index < -0.39 is 66.8 Å². The number of nitrogens with two attached hydrogens (primary N) is 2. The van der Waals surface area contributed by atoms with Gasteiger partial charge in [0.1, 0.15) is 12.1 Å². The van der Waals surface area contributed by atoms with E-state index in [-0.39, 0.29) is 25.7 Å². The molecular formula is C15H25N5O9. The van der Waals surface area contributed by atoms with Crippen LogP contribution >= 0.6 is 0 Å². The fourth-order valence-electron chi connectivity index (χ4n) is 1.97. The molecule has 0 spiro atoms. The maximum Gasteiger partial charge on any atom is 0.328 e. The van der Waals surface area contributed by atoms with Crippen molar-refractivity contribution >= 4 is 35.6 Å². The number of aliphatic hydroxyl groups excluding tert-OH is 1. The Morgan fingerprint density at radius 3 is 1.97 bits per heavy atom. The molecule has 10 N–H and O–H groups in total. The van der Waals surface area contributed by atoms with Gasteiger partial charge in [-0.1, -0.05) is 0 Å². The summed E-state index contributed by atoms with van der Waals surface area (Å²) >= 11 is 0. The van der Waals surface area contributed by atoms with E-state index in [4.69, 9.17) is 26.8 Å². The number of carboxylic acid groups (broad SMARTS) is 2. The average molecular weight is 419 g/mol. The second-order valence-electron chi connectivity index (χ2n) is 5.96. The first-order valence-electron chi connectivity index (χ1n) is 8.44. The number of carbonyl (C=O) groups excluding carboxylic acids is 4. The Kier molecular flexibility index (Phi) is 11.5. The summed E-state index contributed by atoms with van der Waals surface area (Å²) in [5.41, 5.74) is 10.6. The van der Waals surface area contributed by atoms with Crippen molar-refractivity contribution in [3.05, 3.63) is 0 Å². The molecule has 0 fully saturated rings. The second kappa shape index (κ2) is 13.0. The largest absolute Gasteiger partial charge is 0.481 e. The van der Waals surface area contributed by atoms with E-state index in [2.05, 4.69) is 10.6 Å². The molecule has 0 saturated carbocycles. The van der Waals surface area contributed by atoms with Crippen LogP contribution in [-0.4, -0.2) is 82.2 Å². The number of nitrogens with one attached hydrogen (secondary N) is 3. The molecule has 0 aliphatic heterocycles. The first-order valence-corrected chi connectivity index (χ1v) is 8.44. The van der Waals surface area contributed by atoms with Crippen molar-refractivity contribution in [3.63, 3.8) is 0 Å². The van der Waals surface area contributed by atoms with Gasteiger partial charge in [0.25, 0.3) is 0 Å². The predicted octanol–water partition coefficient (Wildman–Crippen LogP) is -4.39. The Morgan fingerprint density at radius 1 is 0.862 bits per heavy atom. The molecule has 0 aromatic heterocycles. The van der Waals surface area contributed by atoms with E-state index in [1.54, 1.807) is 0 Å². The zero-order valence-electron chi connectivity index (χ0n) is 15.4. The van der Waals surface area contributed by atoms with Crippen molar-refractivity contribution in [2.24, 2.45) is 11.5 Å². The third-order valence-corrected chi connectivity index (χ3v) is 3.56. The van der Waals surface area contributed by atoms with Crippen LogP contribution in [0.2, 0.25) is 0 Å². The lowest BCUT2D eigenvalue weighted by Crippen LogP contribution is -2.54. The maximum atomic E-state index is 12.2. The van der Waals surface area contributed by atoms with Gasteiger partial charge in [-0.2, -0.15) is 0 Å². The zero-order valence-corrected chi connectivity index (χ0v) is 15.4. The molecule has 0 saturated heterocycles. The van der Waals surface area contributed by atoms with Crippen molar-refractivity contribution in [2.75, 3.05) is 13.2 Å². The van der Waals surface area contributed by atoms with Gasteiger partial charge in [0.15, 0.2) is 0 Å². The van der Waals surface area contributed by atoms with Crippen LogP contribution in [0.3, 0.4) is 0 Å². The lowest BCUT2D eigenvalue weighted by molar-refractivity contribution is -0.143. The number of hydrogen-bond donors (Lipinski definition) is 8. The van der Waals surface area contributed by atoms with Crippen molar-refractivity contribution in [1.82, 2.24) is 16.0 Å². The summed E-state index contributed by atoms with van der Waals surface area (Å²) in [4.78, 5) is 68.1. The average Bonchev–Trinajstić information content (AvgIpc) is 2.64. The molecule has 3 atom stereocenters. The van der Waals surface area contributed by atoms with Gasteiger partial charge in [-0.25, -0.2) is 4.79 Å². The molecule has 0 heterocycles. The molecule has 3 unspecified atom stereocenters. The highest BCUT2D eigenvalue weighted by Gasteiger charge is 2.25.